The Bertz CT molecular complexity index is 1070. The molecule has 2 heterocycles. The van der Waals surface area contributed by atoms with Crippen LogP contribution in [-0.2, 0) is 0 Å². The van der Waals surface area contributed by atoms with Gasteiger partial charge in [-0.25, -0.2) is 9.78 Å². The van der Waals surface area contributed by atoms with E-state index in [9.17, 15) is 4.79 Å². The molecule has 1 aromatic carbocycles. The van der Waals surface area contributed by atoms with E-state index in [0.717, 1.165) is 36.3 Å². The van der Waals surface area contributed by atoms with Crippen molar-refractivity contribution in [3.63, 3.8) is 0 Å². The highest BCUT2D eigenvalue weighted by Gasteiger charge is 2.19. The standard InChI is InChI=1S/C22H26BClN6O/c1-29(22(31)27-15-7-2-3-8-15)12-6-11-25-20-13-19(16-9-4-5-10-18(16)24)28-21-17(23)14-26-30(20)21/h4-5,9-10,13-15,25H,2-3,6-8,11-12H2,1H3,(H,27,31). The van der Waals surface area contributed by atoms with Crippen molar-refractivity contribution in [3.8, 4) is 11.3 Å². The number of benzene rings is 1. The molecule has 31 heavy (non-hydrogen) atoms. The smallest absolute Gasteiger partial charge is 0.317 e. The summed E-state index contributed by atoms with van der Waals surface area (Å²) in [5, 5.41) is 11.5. The zero-order chi connectivity index (χ0) is 21.8. The molecule has 7 nitrogen and oxygen atoms in total. The number of urea groups is 1. The summed E-state index contributed by atoms with van der Waals surface area (Å²) in [6, 6.07) is 9.81. The molecule has 1 aliphatic rings. The van der Waals surface area contributed by atoms with Crippen molar-refractivity contribution < 1.29 is 4.79 Å². The first-order valence-electron chi connectivity index (χ1n) is 10.7. The van der Waals surface area contributed by atoms with Gasteiger partial charge in [-0.05, 0) is 30.8 Å². The lowest BCUT2D eigenvalue weighted by Gasteiger charge is -2.21. The lowest BCUT2D eigenvalue weighted by molar-refractivity contribution is 0.204. The Morgan fingerprint density at radius 1 is 1.32 bits per heavy atom. The lowest BCUT2D eigenvalue weighted by atomic mass is 10.0. The van der Waals surface area contributed by atoms with Crippen molar-refractivity contribution in [2.45, 2.75) is 38.1 Å². The van der Waals surface area contributed by atoms with Gasteiger partial charge in [-0.15, -0.1) is 0 Å². The number of hydrogen-bond acceptors (Lipinski definition) is 4. The van der Waals surface area contributed by atoms with E-state index >= 15 is 0 Å². The molecule has 2 amide bonds. The van der Waals surface area contributed by atoms with Gasteiger partial charge in [0.2, 0.25) is 0 Å². The van der Waals surface area contributed by atoms with Gasteiger partial charge in [-0.3, -0.25) is 0 Å². The highest BCUT2D eigenvalue weighted by atomic mass is 35.5. The number of nitrogens with zero attached hydrogens (tertiary/aromatic N) is 4. The number of halogens is 1. The Labute approximate surface area is 188 Å². The average molecular weight is 437 g/mol. The molecule has 3 aromatic rings. The number of aromatic nitrogens is 3. The number of hydrogen-bond donors (Lipinski definition) is 2. The molecule has 1 aliphatic carbocycles. The molecule has 2 N–H and O–H groups in total. The van der Waals surface area contributed by atoms with Crippen molar-refractivity contribution >= 4 is 42.4 Å². The van der Waals surface area contributed by atoms with Crippen molar-refractivity contribution in [1.29, 1.82) is 0 Å². The molecule has 160 valence electrons. The molecule has 4 rings (SSSR count). The number of fused-ring (bicyclic) bond motifs is 1. The van der Waals surface area contributed by atoms with E-state index in [4.69, 9.17) is 19.4 Å². The molecule has 0 atom stereocenters. The normalized spacial score (nSPS) is 14.1. The molecule has 0 saturated heterocycles. The number of rotatable bonds is 7. The Kier molecular flexibility index (Phi) is 6.66. The zero-order valence-corrected chi connectivity index (χ0v) is 18.4. The fourth-order valence-electron chi connectivity index (χ4n) is 3.90. The van der Waals surface area contributed by atoms with Crippen LogP contribution in [0.5, 0.6) is 0 Å². The maximum absolute atomic E-state index is 12.3. The van der Waals surface area contributed by atoms with Crippen LogP contribution in [0.1, 0.15) is 32.1 Å². The second-order valence-corrected chi connectivity index (χ2v) is 8.38. The quantitative estimate of drug-likeness (QED) is 0.440. The average Bonchev–Trinajstić information content (AvgIpc) is 3.41. The van der Waals surface area contributed by atoms with Gasteiger partial charge in [-0.2, -0.15) is 9.61 Å². The van der Waals surface area contributed by atoms with Crippen LogP contribution in [0.3, 0.4) is 0 Å². The van der Waals surface area contributed by atoms with Crippen LogP contribution in [-0.4, -0.2) is 59.6 Å². The van der Waals surface area contributed by atoms with E-state index in [1.165, 1.54) is 12.8 Å². The first-order valence-corrected chi connectivity index (χ1v) is 11.1. The molecule has 9 heteroatoms. The van der Waals surface area contributed by atoms with Crippen molar-refractivity contribution in [1.82, 2.24) is 24.8 Å². The predicted molar refractivity (Wildman–Crippen MR) is 125 cm³/mol. The van der Waals surface area contributed by atoms with Gasteiger partial charge in [0, 0.05) is 49.0 Å². The lowest BCUT2D eigenvalue weighted by Crippen LogP contribution is -2.42. The predicted octanol–water partition coefficient (Wildman–Crippen LogP) is 3.23. The molecule has 1 saturated carbocycles. The third-order valence-corrected chi connectivity index (χ3v) is 5.98. The van der Waals surface area contributed by atoms with E-state index < -0.39 is 0 Å². The first-order chi connectivity index (χ1) is 15.0. The Balaban J connectivity index is 1.41. The molecule has 0 aliphatic heterocycles. The van der Waals surface area contributed by atoms with Crippen molar-refractivity contribution in [3.05, 3.63) is 41.6 Å². The van der Waals surface area contributed by atoms with Crippen LogP contribution in [0.2, 0.25) is 5.02 Å². The fourth-order valence-corrected chi connectivity index (χ4v) is 4.13. The molecule has 1 fully saturated rings. The molecular formula is C22H26BClN6O. The van der Waals surface area contributed by atoms with Gasteiger partial charge in [0.05, 0.1) is 5.69 Å². The van der Waals surface area contributed by atoms with Gasteiger partial charge in [0.1, 0.15) is 13.7 Å². The summed E-state index contributed by atoms with van der Waals surface area (Å²) in [5.41, 5.74) is 2.63. The van der Waals surface area contributed by atoms with Crippen LogP contribution in [0.15, 0.2) is 36.5 Å². The minimum atomic E-state index is -0.000873. The summed E-state index contributed by atoms with van der Waals surface area (Å²) in [5.74, 6) is 0.773. The molecular weight excluding hydrogens is 411 g/mol. The Morgan fingerprint density at radius 2 is 2.10 bits per heavy atom. The summed E-state index contributed by atoms with van der Waals surface area (Å²) >= 11 is 6.37. The molecule has 2 aromatic heterocycles. The van der Waals surface area contributed by atoms with Crippen LogP contribution < -0.4 is 16.1 Å². The number of carbonyl (C=O) groups excluding carboxylic acids is 1. The van der Waals surface area contributed by atoms with Gasteiger partial charge in [0.25, 0.3) is 0 Å². The summed E-state index contributed by atoms with van der Waals surface area (Å²) in [6.45, 7) is 1.32. The van der Waals surface area contributed by atoms with Crippen molar-refractivity contribution in [2.75, 3.05) is 25.5 Å². The van der Waals surface area contributed by atoms with Crippen LogP contribution >= 0.6 is 11.6 Å². The largest absolute Gasteiger partial charge is 0.370 e. The van der Waals surface area contributed by atoms with Crippen molar-refractivity contribution in [2.24, 2.45) is 0 Å². The van der Waals surface area contributed by atoms with Crippen LogP contribution in [0.25, 0.3) is 16.9 Å². The monoisotopic (exact) mass is 436 g/mol. The summed E-state index contributed by atoms with van der Waals surface area (Å²) in [4.78, 5) is 18.7. The molecule has 2 radical (unpaired) electrons. The molecule has 0 unspecified atom stereocenters. The SMILES string of the molecule is [B]c1cnn2c(NCCCN(C)C(=O)NC3CCCC3)cc(-c3ccccc3Cl)nc12. The minimum Gasteiger partial charge on any atom is -0.370 e. The first kappa shape index (κ1) is 21.5. The van der Waals surface area contributed by atoms with E-state index in [1.54, 1.807) is 15.6 Å². The Morgan fingerprint density at radius 3 is 2.87 bits per heavy atom. The second-order valence-electron chi connectivity index (χ2n) is 7.97. The number of amides is 2. The number of anilines is 1. The van der Waals surface area contributed by atoms with Gasteiger partial charge in [-0.1, -0.05) is 42.6 Å². The topological polar surface area (TPSA) is 74.6 Å². The van der Waals surface area contributed by atoms with Gasteiger partial charge < -0.3 is 15.5 Å². The van der Waals surface area contributed by atoms with E-state index in [-0.39, 0.29) is 6.03 Å². The molecule has 0 spiro atoms. The maximum atomic E-state index is 12.3. The third-order valence-electron chi connectivity index (χ3n) is 5.65. The van der Waals surface area contributed by atoms with E-state index in [2.05, 4.69) is 20.7 Å². The van der Waals surface area contributed by atoms with E-state index in [0.29, 0.717) is 35.3 Å². The second kappa shape index (κ2) is 9.60. The van der Waals surface area contributed by atoms with Gasteiger partial charge >= 0.3 is 6.03 Å². The highest BCUT2D eigenvalue weighted by molar-refractivity contribution is 6.36. The third kappa shape index (κ3) is 4.96. The van der Waals surface area contributed by atoms with Crippen LogP contribution in [0, 0.1) is 0 Å². The fraction of sp³-hybridized carbons (Fsp3) is 0.409. The zero-order valence-electron chi connectivity index (χ0n) is 17.6. The van der Waals surface area contributed by atoms with E-state index in [1.807, 2.05) is 37.4 Å². The summed E-state index contributed by atoms with van der Waals surface area (Å²) < 4.78 is 1.69. The highest BCUT2D eigenvalue weighted by Crippen LogP contribution is 2.28. The Hall–Kier alpha value is -2.74. The summed E-state index contributed by atoms with van der Waals surface area (Å²) in [7, 11) is 7.90. The minimum absolute atomic E-state index is 0.000873. The number of carbonyl (C=O) groups is 1. The maximum Gasteiger partial charge on any atom is 0.317 e. The number of nitrogens with one attached hydrogen (secondary N) is 2. The summed E-state index contributed by atoms with van der Waals surface area (Å²) in [6.07, 6.45) is 6.95. The van der Waals surface area contributed by atoms with Crippen LogP contribution in [0.4, 0.5) is 10.6 Å². The molecule has 0 bridgehead atoms. The van der Waals surface area contributed by atoms with Gasteiger partial charge in [0.15, 0.2) is 5.65 Å².